The molecule has 2 atom stereocenters. The summed E-state index contributed by atoms with van der Waals surface area (Å²) in [6.07, 6.45) is 6.90. The molecule has 2 aromatic heterocycles. The highest BCUT2D eigenvalue weighted by Crippen LogP contribution is 2.52. The molecular weight excluding hydrogens is 348 g/mol. The predicted octanol–water partition coefficient (Wildman–Crippen LogP) is 5.22. The first-order valence-corrected chi connectivity index (χ1v) is 10.0. The Morgan fingerprint density at radius 3 is 2.68 bits per heavy atom. The topological polar surface area (TPSA) is 58.1 Å². The van der Waals surface area contributed by atoms with Crippen molar-refractivity contribution < 1.29 is 4.79 Å². The number of nitrogens with one attached hydrogen (secondary N) is 1. The maximum Gasteiger partial charge on any atom is 0.322 e. The van der Waals surface area contributed by atoms with Gasteiger partial charge < -0.3 is 10.2 Å². The van der Waals surface area contributed by atoms with Crippen molar-refractivity contribution in [2.45, 2.75) is 46.1 Å². The average molecular weight is 374 g/mol. The average Bonchev–Trinajstić information content (AvgIpc) is 2.91. The Bertz CT molecular complexity index is 1090. The summed E-state index contributed by atoms with van der Waals surface area (Å²) in [5.74, 6) is 0. The number of nitrogens with zero attached hydrogens (tertiary/aromatic N) is 3. The van der Waals surface area contributed by atoms with Crippen LogP contribution in [0.15, 0.2) is 42.7 Å². The van der Waals surface area contributed by atoms with Gasteiger partial charge in [0.25, 0.3) is 0 Å². The third-order valence-corrected chi connectivity index (χ3v) is 6.38. The normalized spacial score (nSPS) is 26.0. The fourth-order valence-corrected chi connectivity index (χ4v) is 5.76. The molecule has 1 saturated carbocycles. The summed E-state index contributed by atoms with van der Waals surface area (Å²) in [7, 11) is 0. The first-order chi connectivity index (χ1) is 13.3. The lowest BCUT2D eigenvalue weighted by Crippen LogP contribution is -2.40. The minimum absolute atomic E-state index is 0.000168. The zero-order valence-electron chi connectivity index (χ0n) is 16.7. The van der Waals surface area contributed by atoms with Crippen molar-refractivity contribution in [1.29, 1.82) is 0 Å². The zero-order valence-corrected chi connectivity index (χ0v) is 16.7. The molecule has 0 radical (unpaired) electrons. The van der Waals surface area contributed by atoms with Gasteiger partial charge in [-0.25, -0.2) is 4.79 Å². The van der Waals surface area contributed by atoms with Crippen molar-refractivity contribution in [3.8, 4) is 0 Å². The van der Waals surface area contributed by atoms with E-state index in [4.69, 9.17) is 0 Å². The van der Waals surface area contributed by atoms with E-state index in [0.29, 0.717) is 6.04 Å². The number of benzene rings is 1. The molecule has 1 aliphatic carbocycles. The van der Waals surface area contributed by atoms with E-state index >= 15 is 0 Å². The standard InChI is InChI=1S/C23H26N4O/c1-22(2)11-16-12-23(3,13-22)14-27(16)21(28)26-18-10-15-6-4-8-24-19(15)20-17(18)7-5-9-25-20/h4-10,16H,11-14H2,1-3H3,(H,26,28). The maximum atomic E-state index is 13.3. The summed E-state index contributed by atoms with van der Waals surface area (Å²) in [6.45, 7) is 7.82. The molecule has 1 saturated heterocycles. The second-order valence-corrected chi connectivity index (χ2v) is 9.67. The third-order valence-electron chi connectivity index (χ3n) is 6.38. The van der Waals surface area contributed by atoms with Gasteiger partial charge in [0.05, 0.1) is 16.7 Å². The summed E-state index contributed by atoms with van der Waals surface area (Å²) in [4.78, 5) is 24.3. The van der Waals surface area contributed by atoms with Gasteiger partial charge in [-0.2, -0.15) is 0 Å². The lowest BCUT2D eigenvalue weighted by molar-refractivity contribution is 0.130. The van der Waals surface area contributed by atoms with E-state index in [1.807, 2.05) is 30.3 Å². The molecule has 3 aromatic rings. The Hall–Kier alpha value is -2.69. The molecule has 1 aromatic carbocycles. The monoisotopic (exact) mass is 374 g/mol. The minimum atomic E-state index is -0.000168. The number of urea groups is 1. The number of aromatic nitrogens is 2. The number of rotatable bonds is 1. The van der Waals surface area contributed by atoms with E-state index in [-0.39, 0.29) is 16.9 Å². The number of hydrogen-bond acceptors (Lipinski definition) is 3. The van der Waals surface area contributed by atoms with Crippen molar-refractivity contribution in [3.05, 3.63) is 42.7 Å². The number of hydrogen-bond donors (Lipinski definition) is 1. The second kappa shape index (κ2) is 5.90. The number of fused-ring (bicyclic) bond motifs is 5. The summed E-state index contributed by atoms with van der Waals surface area (Å²) >= 11 is 0. The van der Waals surface area contributed by atoms with Gasteiger partial charge in [0, 0.05) is 35.8 Å². The SMILES string of the molecule is CC1(C)CC2CC(C)(CN2C(=O)Nc2cc3cccnc3c3ncccc23)C1. The van der Waals surface area contributed by atoms with Gasteiger partial charge in [0.15, 0.2) is 0 Å². The van der Waals surface area contributed by atoms with Crippen LogP contribution in [0.3, 0.4) is 0 Å². The Balaban J connectivity index is 1.51. The largest absolute Gasteiger partial charge is 0.322 e. The van der Waals surface area contributed by atoms with Crippen molar-refractivity contribution in [3.63, 3.8) is 0 Å². The lowest BCUT2D eigenvalue weighted by atomic mass is 9.65. The van der Waals surface area contributed by atoms with E-state index < -0.39 is 0 Å². The molecule has 1 N–H and O–H groups in total. The summed E-state index contributed by atoms with van der Waals surface area (Å²) < 4.78 is 0. The van der Waals surface area contributed by atoms with Gasteiger partial charge in [-0.3, -0.25) is 9.97 Å². The summed E-state index contributed by atoms with van der Waals surface area (Å²) in [6, 6.07) is 10.2. The van der Waals surface area contributed by atoms with Crippen LogP contribution in [0.5, 0.6) is 0 Å². The molecule has 144 valence electrons. The van der Waals surface area contributed by atoms with E-state index in [9.17, 15) is 4.79 Å². The van der Waals surface area contributed by atoms with Crippen LogP contribution in [-0.4, -0.2) is 33.5 Å². The van der Waals surface area contributed by atoms with Crippen LogP contribution in [0, 0.1) is 10.8 Å². The fraction of sp³-hybridized carbons (Fsp3) is 0.435. The van der Waals surface area contributed by atoms with Crippen molar-refractivity contribution >= 4 is 33.5 Å². The number of pyridine rings is 2. The molecule has 1 aliphatic heterocycles. The second-order valence-electron chi connectivity index (χ2n) is 9.67. The highest BCUT2D eigenvalue weighted by molar-refractivity contribution is 6.11. The molecule has 3 heterocycles. The van der Waals surface area contributed by atoms with E-state index in [1.54, 1.807) is 12.4 Å². The Labute approximate surface area is 165 Å². The fourth-order valence-electron chi connectivity index (χ4n) is 5.76. The quantitative estimate of drug-likeness (QED) is 0.595. The first-order valence-electron chi connectivity index (χ1n) is 10.0. The molecule has 2 amide bonds. The van der Waals surface area contributed by atoms with Crippen molar-refractivity contribution in [1.82, 2.24) is 14.9 Å². The van der Waals surface area contributed by atoms with Crippen LogP contribution in [0.2, 0.25) is 0 Å². The predicted molar refractivity (Wildman–Crippen MR) is 112 cm³/mol. The Morgan fingerprint density at radius 2 is 1.86 bits per heavy atom. The highest BCUT2D eigenvalue weighted by atomic mass is 16.2. The molecule has 5 nitrogen and oxygen atoms in total. The van der Waals surface area contributed by atoms with Crippen LogP contribution in [0.4, 0.5) is 10.5 Å². The minimum Gasteiger partial charge on any atom is -0.321 e. The molecule has 5 heteroatoms. The van der Waals surface area contributed by atoms with Gasteiger partial charge in [-0.15, -0.1) is 0 Å². The lowest BCUT2D eigenvalue weighted by Gasteiger charge is -2.39. The van der Waals surface area contributed by atoms with Crippen LogP contribution in [-0.2, 0) is 0 Å². The van der Waals surface area contributed by atoms with E-state index in [0.717, 1.165) is 46.9 Å². The number of likely N-dealkylation sites (tertiary alicyclic amines) is 1. The van der Waals surface area contributed by atoms with Gasteiger partial charge >= 0.3 is 6.03 Å². The Morgan fingerprint density at radius 1 is 1.11 bits per heavy atom. The molecule has 5 rings (SSSR count). The van der Waals surface area contributed by atoms with E-state index in [1.165, 1.54) is 6.42 Å². The van der Waals surface area contributed by atoms with Crippen molar-refractivity contribution in [2.24, 2.45) is 10.8 Å². The Kier molecular flexibility index (Phi) is 3.67. The first kappa shape index (κ1) is 17.4. The molecule has 2 unspecified atom stereocenters. The van der Waals surface area contributed by atoms with Crippen LogP contribution >= 0.6 is 0 Å². The van der Waals surface area contributed by atoms with Crippen LogP contribution < -0.4 is 5.32 Å². The molecule has 0 spiro atoms. The van der Waals surface area contributed by atoms with E-state index in [2.05, 4.69) is 41.0 Å². The highest BCUT2D eigenvalue weighted by Gasteiger charge is 2.51. The molecule has 28 heavy (non-hydrogen) atoms. The smallest absolute Gasteiger partial charge is 0.321 e. The maximum absolute atomic E-state index is 13.3. The number of amides is 2. The summed E-state index contributed by atoms with van der Waals surface area (Å²) in [5.41, 5.74) is 3.00. The molecule has 2 fully saturated rings. The zero-order chi connectivity index (χ0) is 19.5. The third kappa shape index (κ3) is 2.81. The van der Waals surface area contributed by atoms with Gasteiger partial charge in [0.2, 0.25) is 0 Å². The van der Waals surface area contributed by atoms with Gasteiger partial charge in [-0.1, -0.05) is 26.8 Å². The van der Waals surface area contributed by atoms with Crippen molar-refractivity contribution in [2.75, 3.05) is 11.9 Å². The summed E-state index contributed by atoms with van der Waals surface area (Å²) in [5, 5.41) is 5.11. The number of carbonyl (C=O) groups excluding carboxylic acids is 1. The number of anilines is 1. The van der Waals surface area contributed by atoms with Gasteiger partial charge in [-0.05, 0) is 54.4 Å². The molecule has 2 bridgehead atoms. The molecule has 2 aliphatic rings. The van der Waals surface area contributed by atoms with Crippen LogP contribution in [0.1, 0.15) is 40.0 Å². The van der Waals surface area contributed by atoms with Gasteiger partial charge in [0.1, 0.15) is 0 Å². The van der Waals surface area contributed by atoms with Crippen LogP contribution in [0.25, 0.3) is 21.8 Å². The molecular formula is C23H26N4O. The number of carbonyl (C=O) groups is 1.